The van der Waals surface area contributed by atoms with E-state index in [1.54, 1.807) is 55.1 Å². The number of aliphatic hydroxyl groups excluding tert-OH is 2. The molecule has 7 rings (SSSR count). The second kappa shape index (κ2) is 18.8. The van der Waals surface area contributed by atoms with E-state index >= 15 is 0 Å². The number of ether oxygens (including phenoxy) is 5. The van der Waals surface area contributed by atoms with Gasteiger partial charge in [-0.3, -0.25) is 4.79 Å². The van der Waals surface area contributed by atoms with Crippen LogP contribution in [0.4, 0.5) is 0 Å². The number of nitrogens with zero attached hydrogens (tertiary/aromatic N) is 2. The number of likely N-dealkylation sites (N-methyl/N-ethyl adjacent to an activating group) is 1. The predicted octanol–water partition coefficient (Wildman–Crippen LogP) is 7.62. The van der Waals surface area contributed by atoms with Gasteiger partial charge in [-0.05, 0) is 91.6 Å². The average molecular weight is 799 g/mol. The number of unbranched alkanes of at least 4 members (excludes halogenated alkanes) is 2. The van der Waals surface area contributed by atoms with E-state index < -0.39 is 17.7 Å². The summed E-state index contributed by atoms with van der Waals surface area (Å²) >= 11 is 1.75. The molecule has 1 saturated carbocycles. The topological polar surface area (TPSA) is 129 Å². The summed E-state index contributed by atoms with van der Waals surface area (Å²) < 4.78 is 31.8. The lowest BCUT2D eigenvalue weighted by atomic mass is 9.55. The minimum absolute atomic E-state index is 0.103. The highest BCUT2D eigenvalue weighted by atomic mass is 32.2. The molecule has 0 saturated heterocycles. The zero-order valence-electron chi connectivity index (χ0n) is 32.8. The zero-order chi connectivity index (χ0) is 39.8. The van der Waals surface area contributed by atoms with Crippen molar-refractivity contribution in [2.45, 2.75) is 67.6 Å². The first-order valence-electron chi connectivity index (χ1n) is 20.0. The van der Waals surface area contributed by atoms with Crippen LogP contribution in [-0.2, 0) is 9.57 Å². The van der Waals surface area contributed by atoms with Gasteiger partial charge in [0.2, 0.25) is 12.6 Å². The fraction of sp³-hybridized carbons (Fsp3) is 0.467. The number of benzene rings is 3. The molecule has 2 N–H and O–H groups in total. The minimum Gasteiger partial charge on any atom is -0.493 e. The van der Waals surface area contributed by atoms with Crippen molar-refractivity contribution in [2.75, 3.05) is 53.1 Å². The lowest BCUT2D eigenvalue weighted by Crippen LogP contribution is -2.69. The van der Waals surface area contributed by atoms with Crippen molar-refractivity contribution in [1.82, 2.24) is 4.90 Å². The van der Waals surface area contributed by atoms with Gasteiger partial charge in [-0.1, -0.05) is 48.3 Å². The van der Waals surface area contributed by atoms with Gasteiger partial charge < -0.3 is 43.6 Å². The normalized spacial score (nSPS) is 24.8. The first kappa shape index (κ1) is 40.7. The lowest BCUT2D eigenvalue weighted by molar-refractivity contribution is -0.252. The van der Waals surface area contributed by atoms with Gasteiger partial charge in [0, 0.05) is 54.4 Å². The molecule has 1 amide bonds. The summed E-state index contributed by atoms with van der Waals surface area (Å²) in [7, 11) is 3.33. The molecule has 2 aliphatic carbocycles. The number of carbonyl (C=O) groups excluding carboxylic acids is 1. The van der Waals surface area contributed by atoms with Crippen molar-refractivity contribution in [3.63, 3.8) is 0 Å². The van der Waals surface area contributed by atoms with E-state index in [1.807, 2.05) is 30.3 Å². The summed E-state index contributed by atoms with van der Waals surface area (Å²) in [5.41, 5.74) is 3.18. The molecule has 0 radical (unpaired) electrons. The molecule has 11 nitrogen and oxygen atoms in total. The summed E-state index contributed by atoms with van der Waals surface area (Å²) in [4.78, 5) is 23.0. The number of allylic oxidation sites excluding steroid dienone is 1. The third-order valence-corrected chi connectivity index (χ3v) is 12.6. The maximum absolute atomic E-state index is 14.5. The Hall–Kier alpha value is -4.49. The number of carbonyl (C=O) groups is 1. The molecule has 2 aliphatic heterocycles. The first-order valence-corrected chi connectivity index (χ1v) is 21.0. The molecule has 6 atom stereocenters. The number of amides is 1. The van der Waals surface area contributed by atoms with Gasteiger partial charge in [-0.25, -0.2) is 0 Å². The summed E-state index contributed by atoms with van der Waals surface area (Å²) in [5.74, 6) is 1.46. The predicted molar refractivity (Wildman–Crippen MR) is 219 cm³/mol. The molecule has 3 aromatic rings. The van der Waals surface area contributed by atoms with Gasteiger partial charge in [-0.2, -0.15) is 0 Å². The lowest BCUT2D eigenvalue weighted by Gasteiger charge is -2.59. The van der Waals surface area contributed by atoms with Crippen molar-refractivity contribution in [2.24, 2.45) is 22.9 Å². The zero-order valence-corrected chi connectivity index (χ0v) is 33.7. The van der Waals surface area contributed by atoms with E-state index in [4.69, 9.17) is 28.5 Å². The molecule has 0 bridgehead atoms. The molecule has 0 spiro atoms. The molecular formula is C45H54N2O9S. The molecule has 12 heteroatoms. The second-order valence-corrected chi connectivity index (χ2v) is 16.1. The van der Waals surface area contributed by atoms with Crippen LogP contribution in [0.2, 0.25) is 0 Å². The standard InChI is InChI=1S/C45H54N2O9S/c1-4-22-55-45-41(47(2)44(50)31-16-18-39-40(26-31)54-29-53-39)28-37(46-51-3)35-25-30(12-8-10-20-48)34(15-9-11-21-49)42(43(35)45)36-27-32(17-19-38(36)56-45)52-23-24-57-33-13-6-5-7-14-33/h4-7,13-14,16-19,25-27,30,34,41-43,48-49H,1,8-12,15,20-24,28-29H2,2-3H3/t30-,34+,41-,42+,43+,45+/m0/s1. The molecular weight excluding hydrogens is 745 g/mol. The van der Waals surface area contributed by atoms with E-state index in [2.05, 4.69) is 36.0 Å². The monoisotopic (exact) mass is 798 g/mol. The van der Waals surface area contributed by atoms with E-state index in [-0.39, 0.29) is 50.3 Å². The van der Waals surface area contributed by atoms with Crippen LogP contribution in [0, 0.1) is 17.8 Å². The van der Waals surface area contributed by atoms with E-state index in [0.717, 1.165) is 54.0 Å². The van der Waals surface area contributed by atoms with Crippen LogP contribution in [0.3, 0.4) is 0 Å². The highest BCUT2D eigenvalue weighted by Crippen LogP contribution is 2.62. The van der Waals surface area contributed by atoms with Crippen molar-refractivity contribution in [3.05, 3.63) is 102 Å². The maximum atomic E-state index is 14.5. The Morgan fingerprint density at radius 2 is 1.77 bits per heavy atom. The highest BCUT2D eigenvalue weighted by Gasteiger charge is 2.65. The smallest absolute Gasteiger partial charge is 0.254 e. The summed E-state index contributed by atoms with van der Waals surface area (Å²) in [6.45, 7) is 5.05. The van der Waals surface area contributed by atoms with Crippen LogP contribution in [0.15, 0.2) is 101 Å². The Bertz CT molecular complexity index is 1920. The fourth-order valence-corrected chi connectivity index (χ4v) is 9.89. The third-order valence-electron chi connectivity index (χ3n) is 11.6. The van der Waals surface area contributed by atoms with Crippen LogP contribution in [0.25, 0.3) is 0 Å². The molecule has 2 heterocycles. The van der Waals surface area contributed by atoms with Gasteiger partial charge in [0.05, 0.1) is 24.8 Å². The summed E-state index contributed by atoms with van der Waals surface area (Å²) in [6, 6.07) is 20.9. The summed E-state index contributed by atoms with van der Waals surface area (Å²) in [6.07, 6.45) is 9.14. The van der Waals surface area contributed by atoms with Crippen molar-refractivity contribution >= 4 is 23.4 Å². The summed E-state index contributed by atoms with van der Waals surface area (Å²) in [5, 5.41) is 24.3. The maximum Gasteiger partial charge on any atom is 0.254 e. The average Bonchev–Trinajstić information content (AvgIpc) is 3.71. The van der Waals surface area contributed by atoms with Crippen LogP contribution in [0.5, 0.6) is 23.0 Å². The van der Waals surface area contributed by atoms with Gasteiger partial charge in [-0.15, -0.1) is 18.3 Å². The molecule has 1 fully saturated rings. The molecule has 3 aromatic carbocycles. The minimum atomic E-state index is -1.34. The number of aliphatic hydroxyl groups is 2. The molecule has 304 valence electrons. The highest BCUT2D eigenvalue weighted by molar-refractivity contribution is 7.99. The number of hydrogen-bond donors (Lipinski definition) is 2. The Morgan fingerprint density at radius 3 is 2.54 bits per heavy atom. The Balaban J connectivity index is 1.33. The Morgan fingerprint density at radius 1 is 1.00 bits per heavy atom. The SMILES string of the molecule is C=CCO[C@@]12Oc3ccc(OCCSc4ccccc4)cc3[C@H]3[C@H](CCCCO)[C@@H](CCCCO)C=C(C(=NOC)C[C@@H]1N(C)C(=O)c1ccc4c(c1)OCO4)[C@H]32. The molecule has 57 heavy (non-hydrogen) atoms. The number of fused-ring (bicyclic) bond motifs is 3. The first-order chi connectivity index (χ1) is 27.9. The molecule has 0 unspecified atom stereocenters. The Labute approximate surface area is 339 Å². The van der Waals surface area contributed by atoms with Gasteiger partial charge in [0.1, 0.15) is 24.7 Å². The number of rotatable bonds is 19. The van der Waals surface area contributed by atoms with Crippen LogP contribution < -0.4 is 18.9 Å². The van der Waals surface area contributed by atoms with E-state index in [9.17, 15) is 15.0 Å². The second-order valence-electron chi connectivity index (χ2n) is 14.9. The number of hydrogen-bond acceptors (Lipinski definition) is 11. The van der Waals surface area contributed by atoms with Gasteiger partial charge in [0.15, 0.2) is 11.5 Å². The largest absolute Gasteiger partial charge is 0.493 e. The fourth-order valence-electron chi connectivity index (χ4n) is 9.14. The number of thioether (sulfide) groups is 1. The van der Waals surface area contributed by atoms with Crippen molar-refractivity contribution in [1.29, 1.82) is 0 Å². The molecule has 4 aliphatic rings. The Kier molecular flexibility index (Phi) is 13.5. The van der Waals surface area contributed by atoms with Crippen molar-refractivity contribution in [3.8, 4) is 23.0 Å². The van der Waals surface area contributed by atoms with Crippen LogP contribution in [-0.4, -0.2) is 91.7 Å². The van der Waals surface area contributed by atoms with Crippen molar-refractivity contribution < 1.29 is 43.5 Å². The van der Waals surface area contributed by atoms with E-state index in [0.29, 0.717) is 48.7 Å². The molecule has 0 aromatic heterocycles. The van der Waals surface area contributed by atoms with Gasteiger partial charge in [0.25, 0.3) is 5.91 Å². The number of oxime groups is 1. The quantitative estimate of drug-likeness (QED) is 0.0541. The third kappa shape index (κ3) is 8.55. The van der Waals surface area contributed by atoms with Gasteiger partial charge >= 0.3 is 0 Å². The van der Waals surface area contributed by atoms with Crippen LogP contribution >= 0.6 is 11.8 Å². The van der Waals surface area contributed by atoms with E-state index in [1.165, 1.54) is 4.90 Å². The van der Waals surface area contributed by atoms with Crippen LogP contribution in [0.1, 0.15) is 66.8 Å².